The van der Waals surface area contributed by atoms with Crippen molar-refractivity contribution in [2.45, 2.75) is 17.8 Å². The Kier molecular flexibility index (Phi) is 6.16. The summed E-state index contributed by atoms with van der Waals surface area (Å²) in [7, 11) is 0. The van der Waals surface area contributed by atoms with Crippen LogP contribution in [0, 0.1) is 11.8 Å². The first-order chi connectivity index (χ1) is 22.4. The maximum Gasteiger partial charge on any atom is 0.239 e. The Balaban J connectivity index is 1.52. The molecule has 0 unspecified atom stereocenters. The molecule has 0 N–H and O–H groups in total. The van der Waals surface area contributed by atoms with Gasteiger partial charge in [0.1, 0.15) is 0 Å². The maximum absolute atomic E-state index is 15.8. The molecule has 46 heavy (non-hydrogen) atoms. The highest BCUT2D eigenvalue weighted by Crippen LogP contribution is 2.74. The van der Waals surface area contributed by atoms with Crippen LogP contribution in [0.3, 0.4) is 0 Å². The molecule has 0 aromatic heterocycles. The monoisotopic (exact) mass is 599 g/mol. The number of rotatable bonds is 6. The molecule has 5 aromatic rings. The number of nitrogens with zero attached hydrogens (tertiary/aromatic N) is 1. The molecule has 2 bridgehead atoms. The third-order valence-electron chi connectivity index (χ3n) is 10.1. The van der Waals surface area contributed by atoms with Gasteiger partial charge < -0.3 is 0 Å². The molecule has 5 nitrogen and oxygen atoms in total. The molecule has 0 radical (unpaired) electrons. The predicted molar refractivity (Wildman–Crippen MR) is 177 cm³/mol. The van der Waals surface area contributed by atoms with Crippen molar-refractivity contribution in [2.24, 2.45) is 11.8 Å². The van der Waals surface area contributed by atoms with Gasteiger partial charge in [-0.15, -0.1) is 0 Å². The molecule has 1 aliphatic heterocycles. The summed E-state index contributed by atoms with van der Waals surface area (Å²) in [6, 6.07) is 45.1. The Morgan fingerprint density at radius 3 is 1.26 bits per heavy atom. The van der Waals surface area contributed by atoms with E-state index < -0.39 is 34.5 Å². The van der Waals surface area contributed by atoms with Crippen LogP contribution in [0.2, 0.25) is 0 Å². The molecule has 1 saturated carbocycles. The molecule has 5 aromatic carbocycles. The van der Waals surface area contributed by atoms with Crippen LogP contribution >= 0.6 is 0 Å². The Morgan fingerprint density at radius 1 is 0.522 bits per heavy atom. The highest BCUT2D eigenvalue weighted by Gasteiger charge is 2.82. The highest BCUT2D eigenvalue weighted by molar-refractivity contribution is 6.39. The van der Waals surface area contributed by atoms with E-state index in [9.17, 15) is 14.4 Å². The summed E-state index contributed by atoms with van der Waals surface area (Å²) in [6.07, 6.45) is 0. The summed E-state index contributed by atoms with van der Waals surface area (Å²) in [6.45, 7) is 1.48. The molecule has 1 heterocycles. The van der Waals surface area contributed by atoms with Gasteiger partial charge >= 0.3 is 0 Å². The minimum absolute atomic E-state index is 0.110. The van der Waals surface area contributed by atoms with Crippen LogP contribution in [0.1, 0.15) is 39.5 Å². The zero-order valence-corrected chi connectivity index (χ0v) is 25.1. The summed E-state index contributed by atoms with van der Waals surface area (Å²) in [4.78, 5) is 59.1. The number of amides is 2. The highest BCUT2D eigenvalue weighted by atomic mass is 16.2. The van der Waals surface area contributed by atoms with E-state index in [0.29, 0.717) is 22.4 Å². The number of ketones is 2. The summed E-state index contributed by atoms with van der Waals surface area (Å²) >= 11 is 0. The van der Waals surface area contributed by atoms with E-state index in [1.165, 1.54) is 11.8 Å². The fourth-order valence-corrected chi connectivity index (χ4v) is 8.43. The van der Waals surface area contributed by atoms with Crippen molar-refractivity contribution < 1.29 is 19.2 Å². The van der Waals surface area contributed by atoms with Gasteiger partial charge in [0.2, 0.25) is 11.8 Å². The van der Waals surface area contributed by atoms with Gasteiger partial charge in [-0.3, -0.25) is 19.2 Å². The van der Waals surface area contributed by atoms with E-state index in [4.69, 9.17) is 0 Å². The van der Waals surface area contributed by atoms with Crippen molar-refractivity contribution in [1.82, 2.24) is 0 Å². The Labute approximate surface area is 266 Å². The Bertz CT molecular complexity index is 1950. The molecule has 222 valence electrons. The lowest BCUT2D eigenvalue weighted by Crippen LogP contribution is -2.45. The average molecular weight is 600 g/mol. The van der Waals surface area contributed by atoms with Crippen LogP contribution in [0.5, 0.6) is 0 Å². The molecule has 5 heteroatoms. The Morgan fingerprint density at radius 2 is 0.891 bits per heavy atom. The van der Waals surface area contributed by atoms with E-state index in [1.807, 2.05) is 121 Å². The van der Waals surface area contributed by atoms with Gasteiger partial charge in [0.15, 0.2) is 11.6 Å². The number of carbonyl (C=O) groups is 4. The third-order valence-corrected chi connectivity index (χ3v) is 10.1. The second-order valence-electron chi connectivity index (χ2n) is 12.2. The van der Waals surface area contributed by atoms with Crippen molar-refractivity contribution in [3.05, 3.63) is 173 Å². The van der Waals surface area contributed by atoms with Crippen molar-refractivity contribution in [2.75, 3.05) is 4.90 Å². The zero-order chi connectivity index (χ0) is 31.6. The van der Waals surface area contributed by atoms with Gasteiger partial charge in [0, 0.05) is 5.56 Å². The van der Waals surface area contributed by atoms with Crippen molar-refractivity contribution >= 4 is 40.2 Å². The maximum atomic E-state index is 15.8. The molecule has 2 amide bonds. The fraction of sp³-hybridized carbons (Fsp3) is 0.122. The molecular weight excluding hydrogens is 570 g/mol. The molecule has 4 atom stereocenters. The van der Waals surface area contributed by atoms with E-state index in [0.717, 1.165) is 22.3 Å². The van der Waals surface area contributed by atoms with E-state index in [-0.39, 0.29) is 11.6 Å². The van der Waals surface area contributed by atoms with Crippen LogP contribution in [0.15, 0.2) is 146 Å². The topological polar surface area (TPSA) is 71.5 Å². The lowest BCUT2D eigenvalue weighted by molar-refractivity contribution is -0.130. The number of Topliss-reactive ketones (excluding diaryl/α,β-unsaturated/α-hetero) is 2. The smallest absolute Gasteiger partial charge is 0.239 e. The van der Waals surface area contributed by atoms with Crippen LogP contribution in [0.25, 0.3) is 11.1 Å². The summed E-state index contributed by atoms with van der Waals surface area (Å²) in [5.41, 5.74) is 2.53. The molecule has 3 aliphatic rings. The normalized spacial score (nSPS) is 24.9. The number of hydrogen-bond donors (Lipinski definition) is 0. The lowest BCUT2D eigenvalue weighted by Gasteiger charge is -2.39. The van der Waals surface area contributed by atoms with Crippen LogP contribution in [-0.4, -0.2) is 23.4 Å². The van der Waals surface area contributed by atoms with Gasteiger partial charge in [-0.05, 0) is 64.6 Å². The van der Waals surface area contributed by atoms with Gasteiger partial charge in [0.25, 0.3) is 0 Å². The van der Waals surface area contributed by atoms with Crippen LogP contribution in [-0.2, 0) is 25.2 Å². The van der Waals surface area contributed by atoms with Crippen molar-refractivity contribution in [1.29, 1.82) is 0 Å². The van der Waals surface area contributed by atoms with Gasteiger partial charge in [-0.25, -0.2) is 4.90 Å². The van der Waals surface area contributed by atoms with Crippen LogP contribution in [0.4, 0.5) is 5.69 Å². The SMILES string of the molecule is CC(=O)c1ccc(N2C(=O)[C@H]3[C@H](C2=O)[C@@]2(c4ccccc4)C(=O)[C@@]3(c3ccccc3)C(c3ccccc3)=C2c2ccccc2)cc1. The average Bonchev–Trinajstić information content (AvgIpc) is 3.62. The number of allylic oxidation sites excluding steroid dienone is 2. The quantitative estimate of drug-likeness (QED) is 0.155. The molecule has 0 spiro atoms. The summed E-state index contributed by atoms with van der Waals surface area (Å²) in [5.74, 6) is -3.09. The van der Waals surface area contributed by atoms with E-state index in [2.05, 4.69) is 0 Å². The molecule has 1 saturated heterocycles. The minimum atomic E-state index is -1.45. The molecule has 2 fully saturated rings. The first-order valence-corrected chi connectivity index (χ1v) is 15.4. The summed E-state index contributed by atoms with van der Waals surface area (Å²) in [5, 5.41) is 0. The molecule has 8 rings (SSSR count). The lowest BCUT2D eigenvalue weighted by atomic mass is 9.59. The fourth-order valence-electron chi connectivity index (χ4n) is 8.43. The largest absolute Gasteiger partial charge is 0.297 e. The number of fused-ring (bicyclic) bond motifs is 5. The number of carbonyl (C=O) groups excluding carboxylic acids is 4. The minimum Gasteiger partial charge on any atom is -0.297 e. The van der Waals surface area contributed by atoms with Gasteiger partial charge in [-0.1, -0.05) is 121 Å². The third kappa shape index (κ3) is 3.45. The standard InChI is InChI=1S/C41H29NO4/c1-26(43)27-22-24-32(25-23-27)42-37(44)35-36(38(42)45)41(31-20-12-5-13-21-31)34(29-16-8-3-9-17-29)33(28-14-6-2-7-15-28)40(35,39(41)46)30-18-10-4-11-19-30/h2-25,35-36H,1H3/t35-,36-,40+,41+/m1/s1. The second-order valence-corrected chi connectivity index (χ2v) is 12.2. The van der Waals surface area contributed by atoms with Gasteiger partial charge in [-0.2, -0.15) is 0 Å². The predicted octanol–water partition coefficient (Wildman–Crippen LogP) is 7.08. The van der Waals surface area contributed by atoms with Crippen LogP contribution < -0.4 is 4.90 Å². The summed E-state index contributed by atoms with van der Waals surface area (Å²) < 4.78 is 0. The first kappa shape index (κ1) is 27.8. The number of hydrogen-bond acceptors (Lipinski definition) is 4. The second kappa shape index (κ2) is 10.2. The van der Waals surface area contributed by atoms with E-state index >= 15 is 4.79 Å². The van der Waals surface area contributed by atoms with E-state index in [1.54, 1.807) is 24.3 Å². The number of anilines is 1. The number of benzene rings is 5. The Hall–Kier alpha value is -5.68. The zero-order valence-electron chi connectivity index (χ0n) is 25.1. The first-order valence-electron chi connectivity index (χ1n) is 15.4. The van der Waals surface area contributed by atoms with Gasteiger partial charge in [0.05, 0.1) is 28.4 Å². The number of imide groups is 1. The van der Waals surface area contributed by atoms with Crippen molar-refractivity contribution in [3.8, 4) is 0 Å². The van der Waals surface area contributed by atoms with Crippen molar-refractivity contribution in [3.63, 3.8) is 0 Å². The molecular formula is C41H29NO4. The molecule has 2 aliphatic carbocycles.